The Morgan fingerprint density at radius 3 is 2.50 bits per heavy atom. The maximum Gasteiger partial charge on any atom is 0.128 e. The van der Waals surface area contributed by atoms with Crippen molar-refractivity contribution in [3.8, 4) is 0 Å². The molecule has 0 aromatic heterocycles. The molecule has 2 aromatic carbocycles. The summed E-state index contributed by atoms with van der Waals surface area (Å²) in [6, 6.07) is 16.4. The third kappa shape index (κ3) is 2.99. The van der Waals surface area contributed by atoms with E-state index < -0.39 is 0 Å². The number of hydrogen-bond donors (Lipinski definition) is 2. The molecule has 4 rings (SSSR count). The number of aliphatic imine (C=N–C) groups is 1. The van der Waals surface area contributed by atoms with Gasteiger partial charge in [-0.3, -0.25) is 4.99 Å². The van der Waals surface area contributed by atoms with Gasteiger partial charge in [-0.1, -0.05) is 56.1 Å². The van der Waals surface area contributed by atoms with Crippen LogP contribution in [-0.2, 0) is 6.54 Å². The minimum atomic E-state index is -0.134. The van der Waals surface area contributed by atoms with E-state index in [4.69, 9.17) is 16.6 Å². The van der Waals surface area contributed by atoms with Gasteiger partial charge >= 0.3 is 0 Å². The van der Waals surface area contributed by atoms with E-state index in [-0.39, 0.29) is 5.54 Å². The van der Waals surface area contributed by atoms with Crippen molar-refractivity contribution < 1.29 is 0 Å². The zero-order chi connectivity index (χ0) is 18.1. The lowest BCUT2D eigenvalue weighted by atomic mass is 9.65. The third-order valence-electron chi connectivity index (χ3n) is 6.05. The van der Waals surface area contributed by atoms with Crippen molar-refractivity contribution in [2.24, 2.45) is 16.8 Å². The molecule has 0 saturated heterocycles. The molecule has 26 heavy (non-hydrogen) atoms. The van der Waals surface area contributed by atoms with E-state index in [1.54, 1.807) is 0 Å². The van der Waals surface area contributed by atoms with Crippen LogP contribution in [0.25, 0.3) is 0 Å². The standard InChI is InChI=1S/C22H26ClN3/c1-15-7-5-8-16(2)22(15)21(24-14-17-9-6-10-18(23)13-17)25-19-11-3-4-12-20(19)26-22/h3-4,6,9-13,15-16,26H,5,7-8,14H2,1-2H3,(H,24,25). The molecule has 1 aliphatic heterocycles. The average Bonchev–Trinajstić information content (AvgIpc) is 2.64. The molecule has 0 amide bonds. The van der Waals surface area contributed by atoms with Gasteiger partial charge in [0.15, 0.2) is 0 Å². The second-order valence-corrected chi connectivity index (χ2v) is 8.13. The lowest BCUT2D eigenvalue weighted by molar-refractivity contribution is 0.217. The first-order valence-corrected chi connectivity index (χ1v) is 9.91. The zero-order valence-electron chi connectivity index (χ0n) is 15.4. The van der Waals surface area contributed by atoms with Crippen LogP contribution < -0.4 is 10.6 Å². The van der Waals surface area contributed by atoms with Crippen molar-refractivity contribution in [3.63, 3.8) is 0 Å². The first-order valence-electron chi connectivity index (χ1n) is 9.53. The fraction of sp³-hybridized carbons (Fsp3) is 0.409. The van der Waals surface area contributed by atoms with E-state index in [0.717, 1.165) is 22.1 Å². The van der Waals surface area contributed by atoms with Crippen LogP contribution in [0.15, 0.2) is 53.5 Å². The fourth-order valence-corrected chi connectivity index (χ4v) is 4.79. The molecule has 2 aliphatic rings. The third-order valence-corrected chi connectivity index (χ3v) is 6.29. The van der Waals surface area contributed by atoms with E-state index in [9.17, 15) is 0 Å². The molecule has 2 atom stereocenters. The summed E-state index contributed by atoms with van der Waals surface area (Å²) in [7, 11) is 0. The van der Waals surface area contributed by atoms with Gasteiger partial charge in [0.1, 0.15) is 11.4 Å². The van der Waals surface area contributed by atoms with Crippen molar-refractivity contribution >= 4 is 28.8 Å². The minimum Gasteiger partial charge on any atom is -0.371 e. The van der Waals surface area contributed by atoms with Crippen molar-refractivity contribution in [3.05, 3.63) is 59.1 Å². The van der Waals surface area contributed by atoms with Gasteiger partial charge < -0.3 is 10.6 Å². The van der Waals surface area contributed by atoms with Crippen LogP contribution in [0.4, 0.5) is 11.4 Å². The van der Waals surface area contributed by atoms with Gasteiger partial charge in [0.25, 0.3) is 0 Å². The number of rotatable bonds is 2. The van der Waals surface area contributed by atoms with Crippen LogP contribution in [0.5, 0.6) is 0 Å². The molecular formula is C22H26ClN3. The monoisotopic (exact) mass is 367 g/mol. The summed E-state index contributed by atoms with van der Waals surface area (Å²) in [5.41, 5.74) is 3.28. The Bertz CT molecular complexity index is 820. The highest BCUT2D eigenvalue weighted by molar-refractivity contribution is 6.30. The fourth-order valence-electron chi connectivity index (χ4n) is 4.57. The highest BCUT2D eigenvalue weighted by atomic mass is 35.5. The number of para-hydroxylation sites is 2. The second-order valence-electron chi connectivity index (χ2n) is 7.69. The Balaban J connectivity index is 1.75. The number of nitrogens with zero attached hydrogens (tertiary/aromatic N) is 1. The van der Waals surface area contributed by atoms with Crippen molar-refractivity contribution in [1.82, 2.24) is 0 Å². The summed E-state index contributed by atoms with van der Waals surface area (Å²) >= 11 is 6.15. The summed E-state index contributed by atoms with van der Waals surface area (Å²) in [5, 5.41) is 8.31. The van der Waals surface area contributed by atoms with Gasteiger partial charge in [0, 0.05) is 5.02 Å². The van der Waals surface area contributed by atoms with E-state index in [1.165, 1.54) is 24.9 Å². The van der Waals surface area contributed by atoms with E-state index >= 15 is 0 Å². The van der Waals surface area contributed by atoms with Gasteiger partial charge in [-0.2, -0.15) is 0 Å². The summed E-state index contributed by atoms with van der Waals surface area (Å²) in [4.78, 5) is 5.06. The van der Waals surface area contributed by atoms with Crippen LogP contribution >= 0.6 is 11.6 Å². The molecule has 2 N–H and O–H groups in total. The highest BCUT2D eigenvalue weighted by Gasteiger charge is 2.50. The molecule has 1 heterocycles. The average molecular weight is 368 g/mol. The predicted octanol–water partition coefficient (Wildman–Crippen LogP) is 5.97. The first-order chi connectivity index (χ1) is 12.6. The number of halogens is 1. The van der Waals surface area contributed by atoms with Gasteiger partial charge in [0.05, 0.1) is 17.9 Å². The SMILES string of the molecule is CC1CCCC(C)C12Nc1ccccc1NC2=NCc1cccc(Cl)c1. The summed E-state index contributed by atoms with van der Waals surface area (Å²) in [6.07, 6.45) is 3.73. The highest BCUT2D eigenvalue weighted by Crippen LogP contribution is 2.45. The Kier molecular flexibility index (Phi) is 4.66. The largest absolute Gasteiger partial charge is 0.371 e. The van der Waals surface area contributed by atoms with Crippen molar-refractivity contribution in [2.45, 2.75) is 45.2 Å². The van der Waals surface area contributed by atoms with Crippen LogP contribution in [0.3, 0.4) is 0 Å². The molecule has 1 aliphatic carbocycles. The lowest BCUT2D eigenvalue weighted by Crippen LogP contribution is -2.62. The zero-order valence-corrected chi connectivity index (χ0v) is 16.2. The predicted molar refractivity (Wildman–Crippen MR) is 111 cm³/mol. The van der Waals surface area contributed by atoms with E-state index in [2.05, 4.69) is 54.8 Å². The smallest absolute Gasteiger partial charge is 0.128 e. The molecule has 0 bridgehead atoms. The number of fused-ring (bicyclic) bond motifs is 1. The van der Waals surface area contributed by atoms with Gasteiger partial charge in [-0.05, 0) is 54.5 Å². The molecule has 0 radical (unpaired) electrons. The maximum atomic E-state index is 6.15. The number of amidine groups is 1. The second kappa shape index (κ2) is 6.96. The van der Waals surface area contributed by atoms with Crippen LogP contribution in [0.2, 0.25) is 5.02 Å². The van der Waals surface area contributed by atoms with Crippen molar-refractivity contribution in [2.75, 3.05) is 10.6 Å². The lowest BCUT2D eigenvalue weighted by Gasteiger charge is -2.51. The summed E-state index contributed by atoms with van der Waals surface area (Å²) in [5.74, 6) is 2.10. The Labute approximate surface area is 160 Å². The number of nitrogens with one attached hydrogen (secondary N) is 2. The molecule has 1 spiro atoms. The summed E-state index contributed by atoms with van der Waals surface area (Å²) < 4.78 is 0. The number of anilines is 2. The van der Waals surface area contributed by atoms with E-state index in [0.29, 0.717) is 18.4 Å². The molecule has 2 unspecified atom stereocenters. The number of benzene rings is 2. The van der Waals surface area contributed by atoms with Crippen molar-refractivity contribution in [1.29, 1.82) is 0 Å². The topological polar surface area (TPSA) is 36.4 Å². The quantitative estimate of drug-likeness (QED) is 0.685. The van der Waals surface area contributed by atoms with Gasteiger partial charge in [-0.15, -0.1) is 0 Å². The Hall–Kier alpha value is -2.00. The minimum absolute atomic E-state index is 0.134. The van der Waals surface area contributed by atoms with Crippen LogP contribution in [0, 0.1) is 11.8 Å². The normalized spacial score (nSPS) is 29.1. The molecule has 136 valence electrons. The van der Waals surface area contributed by atoms with Crippen LogP contribution in [-0.4, -0.2) is 11.4 Å². The Morgan fingerprint density at radius 2 is 1.77 bits per heavy atom. The first kappa shape index (κ1) is 17.4. The number of hydrogen-bond acceptors (Lipinski definition) is 2. The van der Waals surface area contributed by atoms with Gasteiger partial charge in [-0.25, -0.2) is 0 Å². The molecule has 1 fully saturated rings. The maximum absolute atomic E-state index is 6.15. The summed E-state index contributed by atoms with van der Waals surface area (Å²) in [6.45, 7) is 5.34. The molecule has 3 nitrogen and oxygen atoms in total. The Morgan fingerprint density at radius 1 is 1.04 bits per heavy atom. The van der Waals surface area contributed by atoms with E-state index in [1.807, 2.05) is 18.2 Å². The molecular weight excluding hydrogens is 342 g/mol. The van der Waals surface area contributed by atoms with Gasteiger partial charge in [0.2, 0.25) is 0 Å². The molecule has 4 heteroatoms. The van der Waals surface area contributed by atoms with Crippen LogP contribution in [0.1, 0.15) is 38.7 Å². The molecule has 2 aromatic rings. The molecule has 1 saturated carbocycles.